The Bertz CT molecular complexity index is 389. The third-order valence-corrected chi connectivity index (χ3v) is 3.15. The van der Waals surface area contributed by atoms with Crippen LogP contribution >= 0.6 is 0 Å². The van der Waals surface area contributed by atoms with Gasteiger partial charge in [0.2, 0.25) is 5.91 Å². The maximum atomic E-state index is 11.6. The number of nitrogens with one attached hydrogen (secondary N) is 1. The SMILES string of the molecule is CCC(CC)NC(=O)COCCc1ccccc1N. The Balaban J connectivity index is 2.20. The minimum atomic E-state index is -0.0465. The van der Waals surface area contributed by atoms with E-state index in [2.05, 4.69) is 19.2 Å². The molecule has 1 amide bonds. The molecule has 1 aromatic rings. The molecule has 1 aromatic carbocycles. The number of hydrogen-bond donors (Lipinski definition) is 2. The molecule has 0 atom stereocenters. The molecule has 0 unspecified atom stereocenters. The molecule has 4 nitrogen and oxygen atoms in total. The first-order chi connectivity index (χ1) is 9.17. The topological polar surface area (TPSA) is 64.3 Å². The standard InChI is InChI=1S/C15H24N2O2/c1-3-13(4-2)17-15(18)11-19-10-9-12-7-5-6-8-14(12)16/h5-8,13H,3-4,9-11,16H2,1-2H3,(H,17,18). The van der Waals surface area contributed by atoms with E-state index in [1.807, 2.05) is 24.3 Å². The van der Waals surface area contributed by atoms with Crippen LogP contribution in [0.3, 0.4) is 0 Å². The van der Waals surface area contributed by atoms with E-state index in [1.54, 1.807) is 0 Å². The van der Waals surface area contributed by atoms with Gasteiger partial charge >= 0.3 is 0 Å². The highest BCUT2D eigenvalue weighted by Crippen LogP contribution is 2.10. The highest BCUT2D eigenvalue weighted by atomic mass is 16.5. The minimum Gasteiger partial charge on any atom is -0.399 e. The minimum absolute atomic E-state index is 0.0465. The highest BCUT2D eigenvalue weighted by Gasteiger charge is 2.08. The van der Waals surface area contributed by atoms with Gasteiger partial charge < -0.3 is 15.8 Å². The first-order valence-corrected chi connectivity index (χ1v) is 6.87. The average Bonchev–Trinajstić information content (AvgIpc) is 2.42. The van der Waals surface area contributed by atoms with Gasteiger partial charge in [-0.15, -0.1) is 0 Å². The van der Waals surface area contributed by atoms with Gasteiger partial charge in [0.15, 0.2) is 0 Å². The van der Waals surface area contributed by atoms with Crippen molar-refractivity contribution >= 4 is 11.6 Å². The number of nitrogens with two attached hydrogens (primary N) is 1. The maximum absolute atomic E-state index is 11.6. The Labute approximate surface area is 115 Å². The summed E-state index contributed by atoms with van der Waals surface area (Å²) in [5.74, 6) is -0.0465. The Kier molecular flexibility index (Phi) is 6.97. The van der Waals surface area contributed by atoms with Crippen molar-refractivity contribution in [2.45, 2.75) is 39.2 Å². The normalized spacial score (nSPS) is 10.7. The summed E-state index contributed by atoms with van der Waals surface area (Å²) in [6.07, 6.45) is 2.62. The predicted molar refractivity (Wildman–Crippen MR) is 77.9 cm³/mol. The summed E-state index contributed by atoms with van der Waals surface area (Å²) in [5, 5.41) is 2.94. The van der Waals surface area contributed by atoms with Crippen molar-refractivity contribution in [3.8, 4) is 0 Å². The lowest BCUT2D eigenvalue weighted by Crippen LogP contribution is -2.36. The molecule has 0 bridgehead atoms. The van der Waals surface area contributed by atoms with Gasteiger partial charge in [-0.1, -0.05) is 32.0 Å². The summed E-state index contributed by atoms with van der Waals surface area (Å²) >= 11 is 0. The van der Waals surface area contributed by atoms with Crippen molar-refractivity contribution in [1.29, 1.82) is 0 Å². The molecule has 0 fully saturated rings. The van der Waals surface area contributed by atoms with E-state index in [9.17, 15) is 4.79 Å². The molecule has 4 heteroatoms. The molecule has 0 spiro atoms. The molecule has 19 heavy (non-hydrogen) atoms. The Morgan fingerprint density at radius 2 is 2.00 bits per heavy atom. The maximum Gasteiger partial charge on any atom is 0.246 e. The largest absolute Gasteiger partial charge is 0.399 e. The van der Waals surface area contributed by atoms with Crippen LogP contribution in [0.2, 0.25) is 0 Å². The molecule has 3 N–H and O–H groups in total. The van der Waals surface area contributed by atoms with E-state index in [4.69, 9.17) is 10.5 Å². The molecular weight excluding hydrogens is 240 g/mol. The number of carbonyl (C=O) groups excluding carboxylic acids is 1. The van der Waals surface area contributed by atoms with Crippen molar-refractivity contribution in [3.63, 3.8) is 0 Å². The van der Waals surface area contributed by atoms with Crippen LogP contribution in [0, 0.1) is 0 Å². The van der Waals surface area contributed by atoms with Crippen LogP contribution in [0.1, 0.15) is 32.3 Å². The van der Waals surface area contributed by atoms with Gasteiger partial charge in [0.1, 0.15) is 6.61 Å². The number of hydrogen-bond acceptors (Lipinski definition) is 3. The monoisotopic (exact) mass is 264 g/mol. The summed E-state index contributed by atoms with van der Waals surface area (Å²) < 4.78 is 5.38. The molecule has 0 aliphatic heterocycles. The smallest absolute Gasteiger partial charge is 0.246 e. The molecule has 0 aromatic heterocycles. The fourth-order valence-electron chi connectivity index (χ4n) is 1.87. The highest BCUT2D eigenvalue weighted by molar-refractivity contribution is 5.77. The van der Waals surface area contributed by atoms with Crippen LogP contribution in [0.4, 0.5) is 5.69 Å². The van der Waals surface area contributed by atoms with E-state index in [0.29, 0.717) is 6.61 Å². The van der Waals surface area contributed by atoms with Crippen LogP contribution in [0.25, 0.3) is 0 Å². The summed E-state index contributed by atoms with van der Waals surface area (Å²) in [5.41, 5.74) is 7.66. The number of rotatable bonds is 8. The fourth-order valence-corrected chi connectivity index (χ4v) is 1.87. The number of amides is 1. The van der Waals surface area contributed by atoms with Gasteiger partial charge in [-0.2, -0.15) is 0 Å². The molecule has 0 saturated carbocycles. The van der Waals surface area contributed by atoms with E-state index >= 15 is 0 Å². The van der Waals surface area contributed by atoms with Crippen LogP contribution in [-0.2, 0) is 16.0 Å². The van der Waals surface area contributed by atoms with Crippen LogP contribution in [0.15, 0.2) is 24.3 Å². The molecule has 0 radical (unpaired) electrons. The summed E-state index contributed by atoms with van der Waals surface area (Å²) in [6.45, 7) is 4.74. The second kappa shape index (κ2) is 8.53. The van der Waals surface area contributed by atoms with Crippen molar-refractivity contribution in [1.82, 2.24) is 5.32 Å². The van der Waals surface area contributed by atoms with Crippen molar-refractivity contribution in [3.05, 3.63) is 29.8 Å². The number of anilines is 1. The van der Waals surface area contributed by atoms with E-state index in [-0.39, 0.29) is 18.6 Å². The lowest BCUT2D eigenvalue weighted by Gasteiger charge is -2.14. The van der Waals surface area contributed by atoms with E-state index in [0.717, 1.165) is 30.5 Å². The number of para-hydroxylation sites is 1. The van der Waals surface area contributed by atoms with Gasteiger partial charge in [-0.3, -0.25) is 4.79 Å². The number of carbonyl (C=O) groups is 1. The lowest BCUT2D eigenvalue weighted by molar-refractivity contribution is -0.126. The first kappa shape index (κ1) is 15.5. The molecule has 0 heterocycles. The zero-order valence-electron chi connectivity index (χ0n) is 11.8. The summed E-state index contributed by atoms with van der Waals surface area (Å²) in [7, 11) is 0. The number of nitrogen functional groups attached to an aromatic ring is 1. The zero-order valence-corrected chi connectivity index (χ0v) is 11.8. The summed E-state index contributed by atoms with van der Waals surface area (Å²) in [6, 6.07) is 7.95. The zero-order chi connectivity index (χ0) is 14.1. The Morgan fingerprint density at radius 3 is 2.63 bits per heavy atom. The Hall–Kier alpha value is -1.55. The Morgan fingerprint density at radius 1 is 1.32 bits per heavy atom. The van der Waals surface area contributed by atoms with Gasteiger partial charge in [0, 0.05) is 11.7 Å². The molecular formula is C15H24N2O2. The third-order valence-electron chi connectivity index (χ3n) is 3.15. The second-order valence-electron chi connectivity index (χ2n) is 4.58. The fraction of sp³-hybridized carbons (Fsp3) is 0.533. The number of ether oxygens (including phenoxy) is 1. The van der Waals surface area contributed by atoms with Gasteiger partial charge in [-0.25, -0.2) is 0 Å². The molecule has 0 aliphatic rings. The lowest BCUT2D eigenvalue weighted by atomic mass is 10.1. The van der Waals surface area contributed by atoms with Crippen molar-refractivity contribution < 1.29 is 9.53 Å². The second-order valence-corrected chi connectivity index (χ2v) is 4.58. The van der Waals surface area contributed by atoms with Crippen molar-refractivity contribution in [2.24, 2.45) is 0 Å². The predicted octanol–water partition coefficient (Wildman–Crippen LogP) is 2.13. The van der Waals surface area contributed by atoms with E-state index < -0.39 is 0 Å². The molecule has 1 rings (SSSR count). The van der Waals surface area contributed by atoms with Gasteiger partial charge in [0.25, 0.3) is 0 Å². The molecule has 0 saturated heterocycles. The van der Waals surface area contributed by atoms with Crippen LogP contribution < -0.4 is 11.1 Å². The first-order valence-electron chi connectivity index (χ1n) is 6.87. The molecule has 106 valence electrons. The van der Waals surface area contributed by atoms with Gasteiger partial charge in [0.05, 0.1) is 6.61 Å². The van der Waals surface area contributed by atoms with Crippen molar-refractivity contribution in [2.75, 3.05) is 18.9 Å². The average molecular weight is 264 g/mol. The van der Waals surface area contributed by atoms with Gasteiger partial charge in [-0.05, 0) is 30.9 Å². The summed E-state index contributed by atoms with van der Waals surface area (Å²) in [4.78, 5) is 11.6. The van der Waals surface area contributed by atoms with E-state index in [1.165, 1.54) is 0 Å². The molecule has 0 aliphatic carbocycles. The van der Waals surface area contributed by atoms with Crippen LogP contribution in [-0.4, -0.2) is 25.2 Å². The third kappa shape index (κ3) is 5.75. The van der Waals surface area contributed by atoms with Crippen LogP contribution in [0.5, 0.6) is 0 Å². The number of benzene rings is 1. The quantitative estimate of drug-likeness (QED) is 0.558.